The lowest BCUT2D eigenvalue weighted by atomic mass is 10.3. The Kier molecular flexibility index (Phi) is 6.15. The van der Waals surface area contributed by atoms with Crippen molar-refractivity contribution in [3.8, 4) is 0 Å². The van der Waals surface area contributed by atoms with Gasteiger partial charge in [0.2, 0.25) is 0 Å². The molecule has 0 aromatic heterocycles. The molecule has 0 aliphatic carbocycles. The van der Waals surface area contributed by atoms with Crippen molar-refractivity contribution in [3.05, 3.63) is 24.3 Å². The quantitative estimate of drug-likeness (QED) is 0.737. The van der Waals surface area contributed by atoms with Crippen molar-refractivity contribution < 1.29 is 13.2 Å². The van der Waals surface area contributed by atoms with Crippen LogP contribution >= 0.6 is 0 Å². The zero-order valence-electron chi connectivity index (χ0n) is 11.0. The second-order valence-corrected chi connectivity index (χ2v) is 6.20. The van der Waals surface area contributed by atoms with E-state index in [0.717, 1.165) is 31.7 Å². The smallest absolute Gasteiger partial charge is 0.175 e. The minimum atomic E-state index is -3.11. The maximum absolute atomic E-state index is 11.3. The first-order chi connectivity index (χ1) is 8.54. The molecule has 102 valence electrons. The Bertz CT molecular complexity index is 440. The molecule has 5 heteroatoms. The molecular formula is C13H21NO3S. The van der Waals surface area contributed by atoms with E-state index in [1.165, 1.54) is 6.26 Å². The molecule has 0 bridgehead atoms. The number of rotatable bonds is 8. The number of sulfone groups is 1. The summed E-state index contributed by atoms with van der Waals surface area (Å²) in [5.41, 5.74) is 0.904. The minimum Gasteiger partial charge on any atom is -0.383 e. The van der Waals surface area contributed by atoms with Crippen LogP contribution < -0.4 is 5.32 Å². The molecule has 18 heavy (non-hydrogen) atoms. The summed E-state index contributed by atoms with van der Waals surface area (Å²) < 4.78 is 27.9. The van der Waals surface area contributed by atoms with Gasteiger partial charge in [-0.25, -0.2) is 8.42 Å². The molecule has 1 rings (SSSR count). The second-order valence-electron chi connectivity index (χ2n) is 4.19. The Morgan fingerprint density at radius 2 is 1.83 bits per heavy atom. The Hall–Kier alpha value is -1.07. The predicted molar refractivity (Wildman–Crippen MR) is 73.8 cm³/mol. The van der Waals surface area contributed by atoms with Crippen molar-refractivity contribution in [3.63, 3.8) is 0 Å². The van der Waals surface area contributed by atoms with Gasteiger partial charge in [-0.15, -0.1) is 0 Å². The molecule has 0 aliphatic heterocycles. The van der Waals surface area contributed by atoms with E-state index in [4.69, 9.17) is 4.74 Å². The largest absolute Gasteiger partial charge is 0.383 e. The first-order valence-electron chi connectivity index (χ1n) is 6.16. The van der Waals surface area contributed by atoms with Crippen molar-refractivity contribution in [2.75, 3.05) is 31.3 Å². The predicted octanol–water partition coefficient (Wildman–Crippen LogP) is 2.32. The standard InChI is InChI=1S/C13H21NO3S/c1-3-4-10-17-11-9-14-12-5-7-13(8-6-12)18(2,15)16/h5-8,14H,3-4,9-11H2,1-2H3. The molecule has 0 atom stereocenters. The van der Waals surface area contributed by atoms with Crippen LogP contribution in [0.3, 0.4) is 0 Å². The highest BCUT2D eigenvalue weighted by Crippen LogP contribution is 2.13. The van der Waals surface area contributed by atoms with Gasteiger partial charge in [0.05, 0.1) is 11.5 Å². The van der Waals surface area contributed by atoms with Crippen LogP contribution in [0.4, 0.5) is 5.69 Å². The average Bonchev–Trinajstić information content (AvgIpc) is 2.33. The number of hydrogen-bond donors (Lipinski definition) is 1. The van der Waals surface area contributed by atoms with Crippen molar-refractivity contribution in [2.24, 2.45) is 0 Å². The van der Waals surface area contributed by atoms with Crippen LogP contribution in [0.1, 0.15) is 19.8 Å². The number of anilines is 1. The van der Waals surface area contributed by atoms with Gasteiger partial charge in [0, 0.05) is 25.1 Å². The summed E-state index contributed by atoms with van der Waals surface area (Å²) >= 11 is 0. The first-order valence-corrected chi connectivity index (χ1v) is 8.05. The van der Waals surface area contributed by atoms with Crippen LogP contribution in [0.15, 0.2) is 29.2 Å². The summed E-state index contributed by atoms with van der Waals surface area (Å²) in [7, 11) is -3.11. The molecule has 0 fully saturated rings. The van der Waals surface area contributed by atoms with Crippen LogP contribution in [0, 0.1) is 0 Å². The van der Waals surface area contributed by atoms with Gasteiger partial charge < -0.3 is 10.1 Å². The number of nitrogens with one attached hydrogen (secondary N) is 1. The monoisotopic (exact) mass is 271 g/mol. The van der Waals surface area contributed by atoms with Gasteiger partial charge in [-0.3, -0.25) is 0 Å². The van der Waals surface area contributed by atoms with E-state index in [9.17, 15) is 8.42 Å². The molecule has 4 nitrogen and oxygen atoms in total. The summed E-state index contributed by atoms with van der Waals surface area (Å²) in [4.78, 5) is 0.340. The van der Waals surface area contributed by atoms with Crippen molar-refractivity contribution in [2.45, 2.75) is 24.7 Å². The van der Waals surface area contributed by atoms with E-state index in [0.29, 0.717) is 11.5 Å². The van der Waals surface area contributed by atoms with Gasteiger partial charge in [0.15, 0.2) is 9.84 Å². The van der Waals surface area contributed by atoms with Gasteiger partial charge >= 0.3 is 0 Å². The van der Waals surface area contributed by atoms with Crippen molar-refractivity contribution in [1.82, 2.24) is 0 Å². The van der Waals surface area contributed by atoms with Gasteiger partial charge in [0.1, 0.15) is 0 Å². The molecule has 0 saturated carbocycles. The topological polar surface area (TPSA) is 55.4 Å². The number of benzene rings is 1. The molecule has 0 radical (unpaired) electrons. The molecule has 0 heterocycles. The lowest BCUT2D eigenvalue weighted by Gasteiger charge is -2.07. The highest BCUT2D eigenvalue weighted by molar-refractivity contribution is 7.90. The van der Waals surface area contributed by atoms with E-state index in [-0.39, 0.29) is 0 Å². The fraction of sp³-hybridized carbons (Fsp3) is 0.538. The highest BCUT2D eigenvalue weighted by Gasteiger charge is 2.05. The van der Waals surface area contributed by atoms with Crippen LogP contribution in [-0.4, -0.2) is 34.4 Å². The maximum Gasteiger partial charge on any atom is 0.175 e. The highest BCUT2D eigenvalue weighted by atomic mass is 32.2. The van der Waals surface area contributed by atoms with E-state index in [1.807, 2.05) is 0 Å². The van der Waals surface area contributed by atoms with Gasteiger partial charge in [-0.1, -0.05) is 13.3 Å². The molecule has 0 amide bonds. The third-order valence-corrected chi connectivity index (χ3v) is 3.63. The molecule has 1 aromatic carbocycles. The zero-order chi connectivity index (χ0) is 13.4. The fourth-order valence-electron chi connectivity index (χ4n) is 1.44. The molecule has 0 unspecified atom stereocenters. The maximum atomic E-state index is 11.3. The molecule has 1 aromatic rings. The summed E-state index contributed by atoms with van der Waals surface area (Å²) in [6.07, 6.45) is 3.43. The van der Waals surface area contributed by atoms with Crippen LogP contribution in [-0.2, 0) is 14.6 Å². The van der Waals surface area contributed by atoms with Crippen LogP contribution in [0.5, 0.6) is 0 Å². The normalized spacial score (nSPS) is 11.4. The summed E-state index contributed by atoms with van der Waals surface area (Å²) in [5, 5.41) is 3.18. The third-order valence-electron chi connectivity index (χ3n) is 2.50. The summed E-state index contributed by atoms with van der Waals surface area (Å²) in [6.45, 7) is 4.31. The van der Waals surface area contributed by atoms with E-state index < -0.39 is 9.84 Å². The third kappa shape index (κ3) is 5.51. The first kappa shape index (κ1) is 15.0. The zero-order valence-corrected chi connectivity index (χ0v) is 11.8. The van der Waals surface area contributed by atoms with Crippen molar-refractivity contribution >= 4 is 15.5 Å². The van der Waals surface area contributed by atoms with E-state index in [1.54, 1.807) is 24.3 Å². The fourth-order valence-corrected chi connectivity index (χ4v) is 2.07. The summed E-state index contributed by atoms with van der Waals surface area (Å²) in [6, 6.07) is 6.75. The molecular weight excluding hydrogens is 250 g/mol. The van der Waals surface area contributed by atoms with Gasteiger partial charge in [0.25, 0.3) is 0 Å². The van der Waals surface area contributed by atoms with Gasteiger partial charge in [-0.2, -0.15) is 0 Å². The van der Waals surface area contributed by atoms with Crippen LogP contribution in [0.2, 0.25) is 0 Å². The Labute approximate surface area is 109 Å². The lowest BCUT2D eigenvalue weighted by molar-refractivity contribution is 0.141. The van der Waals surface area contributed by atoms with Crippen molar-refractivity contribution in [1.29, 1.82) is 0 Å². The van der Waals surface area contributed by atoms with Crippen LogP contribution in [0.25, 0.3) is 0 Å². The second kappa shape index (κ2) is 7.38. The summed E-state index contributed by atoms with van der Waals surface area (Å²) in [5.74, 6) is 0. The van der Waals surface area contributed by atoms with E-state index in [2.05, 4.69) is 12.2 Å². The molecule has 0 saturated heterocycles. The SMILES string of the molecule is CCCCOCCNc1ccc(S(C)(=O)=O)cc1. The number of hydrogen-bond acceptors (Lipinski definition) is 4. The Morgan fingerprint density at radius 3 is 2.39 bits per heavy atom. The Balaban J connectivity index is 2.32. The van der Waals surface area contributed by atoms with E-state index >= 15 is 0 Å². The molecule has 0 aliphatic rings. The number of ether oxygens (including phenoxy) is 1. The minimum absolute atomic E-state index is 0.340. The molecule has 1 N–H and O–H groups in total. The Morgan fingerprint density at radius 1 is 1.17 bits per heavy atom. The average molecular weight is 271 g/mol. The van der Waals surface area contributed by atoms with Gasteiger partial charge in [-0.05, 0) is 30.7 Å². The lowest BCUT2D eigenvalue weighted by Crippen LogP contribution is -2.10. The molecule has 0 spiro atoms. The number of unbranched alkanes of at least 4 members (excludes halogenated alkanes) is 1.